The van der Waals surface area contributed by atoms with Crippen LogP contribution in [0.1, 0.15) is 55.0 Å². The number of unbranched alkanes of at least 4 members (excludes halogenated alkanes) is 1. The molecule has 0 unspecified atom stereocenters. The van der Waals surface area contributed by atoms with Crippen LogP contribution in [0.4, 0.5) is 0 Å². The van der Waals surface area contributed by atoms with Crippen molar-refractivity contribution in [3.05, 3.63) is 87.3 Å². The Hall–Kier alpha value is -3.16. The molecule has 2 heterocycles. The van der Waals surface area contributed by atoms with Gasteiger partial charge in [0.2, 0.25) is 0 Å². The van der Waals surface area contributed by atoms with Crippen LogP contribution >= 0.6 is 0 Å². The van der Waals surface area contributed by atoms with Crippen LogP contribution in [-0.4, -0.2) is 22.6 Å². The summed E-state index contributed by atoms with van der Waals surface area (Å²) in [6.45, 7) is 7.07. The number of hydrogen-bond donors (Lipinski definition) is 0. The third kappa shape index (κ3) is 4.40. The summed E-state index contributed by atoms with van der Waals surface area (Å²) in [6, 6.07) is 20.1. The molecule has 2 aromatic carbocycles. The molecule has 0 spiro atoms. The first-order chi connectivity index (χ1) is 15.6. The highest BCUT2D eigenvalue weighted by Crippen LogP contribution is 2.30. The third-order valence-electron chi connectivity index (χ3n) is 6.46. The van der Waals surface area contributed by atoms with Crippen molar-refractivity contribution in [3.63, 3.8) is 0 Å². The molecule has 164 valence electrons. The molecule has 0 radical (unpaired) electrons. The molecule has 32 heavy (non-hydrogen) atoms. The average molecular weight is 426 g/mol. The summed E-state index contributed by atoms with van der Waals surface area (Å²) in [7, 11) is 0. The molecule has 0 N–H and O–H groups in total. The lowest BCUT2D eigenvalue weighted by Crippen LogP contribution is -2.31. The van der Waals surface area contributed by atoms with Crippen molar-refractivity contribution in [2.24, 2.45) is 0 Å². The fourth-order valence-electron chi connectivity index (χ4n) is 4.71. The minimum Gasteiger partial charge on any atom is -0.299 e. The Bertz CT molecular complexity index is 1200. The molecule has 4 heteroatoms. The van der Waals surface area contributed by atoms with Crippen molar-refractivity contribution in [1.29, 1.82) is 5.26 Å². The molecule has 1 saturated heterocycles. The number of aryl methyl sites for hydroxylation is 2. The summed E-state index contributed by atoms with van der Waals surface area (Å²) >= 11 is 0. The highest BCUT2D eigenvalue weighted by molar-refractivity contribution is 5.77. The zero-order chi connectivity index (χ0) is 22.5. The van der Waals surface area contributed by atoms with Crippen molar-refractivity contribution in [2.45, 2.75) is 52.5 Å². The molecule has 0 bridgehead atoms. The Balaban J connectivity index is 1.93. The smallest absolute Gasteiger partial charge is 0.260 e. The van der Waals surface area contributed by atoms with Crippen LogP contribution < -0.4 is 5.56 Å². The van der Waals surface area contributed by atoms with Gasteiger partial charge < -0.3 is 0 Å². The van der Waals surface area contributed by atoms with E-state index in [1.807, 2.05) is 53.1 Å². The number of nitriles is 1. The van der Waals surface area contributed by atoms with E-state index in [0.717, 1.165) is 66.0 Å². The van der Waals surface area contributed by atoms with Gasteiger partial charge in [-0.3, -0.25) is 14.3 Å². The second-order valence-electron chi connectivity index (χ2n) is 8.70. The molecular weight excluding hydrogens is 394 g/mol. The lowest BCUT2D eigenvalue weighted by molar-refractivity contribution is 0.328. The summed E-state index contributed by atoms with van der Waals surface area (Å²) in [5.74, 6) is 0. The van der Waals surface area contributed by atoms with Gasteiger partial charge >= 0.3 is 0 Å². The van der Waals surface area contributed by atoms with Crippen molar-refractivity contribution >= 4 is 0 Å². The van der Waals surface area contributed by atoms with Crippen LogP contribution in [0.15, 0.2) is 59.4 Å². The first-order valence-electron chi connectivity index (χ1n) is 11.7. The van der Waals surface area contributed by atoms with E-state index in [1.165, 1.54) is 12.8 Å². The van der Waals surface area contributed by atoms with Crippen molar-refractivity contribution in [3.8, 4) is 22.9 Å². The average Bonchev–Trinajstić information content (AvgIpc) is 3.34. The van der Waals surface area contributed by atoms with Gasteiger partial charge in [0.25, 0.3) is 5.56 Å². The monoisotopic (exact) mass is 425 g/mol. The summed E-state index contributed by atoms with van der Waals surface area (Å²) in [5, 5.41) is 9.68. The molecule has 0 amide bonds. The second-order valence-corrected chi connectivity index (χ2v) is 8.70. The lowest BCUT2D eigenvalue weighted by Gasteiger charge is -2.22. The molecule has 4 nitrogen and oxygen atoms in total. The fraction of sp³-hybridized carbons (Fsp3) is 0.357. The number of aromatic nitrogens is 1. The summed E-state index contributed by atoms with van der Waals surface area (Å²) in [5.41, 5.74) is 6.34. The molecule has 0 atom stereocenters. The van der Waals surface area contributed by atoms with E-state index in [0.29, 0.717) is 12.1 Å². The number of rotatable bonds is 7. The molecule has 1 aliphatic heterocycles. The van der Waals surface area contributed by atoms with Gasteiger partial charge in [0, 0.05) is 28.9 Å². The standard InChI is InChI=1S/C28H31N3O/c1-3-4-12-23-18-21(2)26(20-30-16-9-10-17-30)28(32)31(23)27-15-8-7-14-25(27)24-13-6-5-11-22(24)19-29/h5-8,11,13-15,18H,3-4,9-10,12,16-17,20H2,1-2H3. The Morgan fingerprint density at radius 2 is 1.69 bits per heavy atom. The van der Waals surface area contributed by atoms with Crippen LogP contribution in [0.3, 0.4) is 0 Å². The molecule has 0 saturated carbocycles. The first kappa shape index (κ1) is 22.0. The van der Waals surface area contributed by atoms with E-state index in [4.69, 9.17) is 0 Å². The van der Waals surface area contributed by atoms with Gasteiger partial charge in [-0.25, -0.2) is 0 Å². The molecule has 1 aliphatic rings. The predicted octanol–water partition coefficient (Wildman–Crippen LogP) is 5.62. The van der Waals surface area contributed by atoms with Gasteiger partial charge in [0.05, 0.1) is 17.3 Å². The third-order valence-corrected chi connectivity index (χ3v) is 6.46. The van der Waals surface area contributed by atoms with Gasteiger partial charge in [0.1, 0.15) is 0 Å². The largest absolute Gasteiger partial charge is 0.299 e. The van der Waals surface area contributed by atoms with Crippen LogP contribution in [0, 0.1) is 18.3 Å². The molecule has 3 aromatic rings. The van der Waals surface area contributed by atoms with E-state index in [1.54, 1.807) is 0 Å². The van der Waals surface area contributed by atoms with Crippen molar-refractivity contribution in [2.75, 3.05) is 13.1 Å². The van der Waals surface area contributed by atoms with Gasteiger partial charge in [-0.2, -0.15) is 5.26 Å². The lowest BCUT2D eigenvalue weighted by atomic mass is 9.97. The number of likely N-dealkylation sites (tertiary alicyclic amines) is 1. The van der Waals surface area contributed by atoms with Gasteiger partial charge in [-0.15, -0.1) is 0 Å². The van der Waals surface area contributed by atoms with Crippen molar-refractivity contribution in [1.82, 2.24) is 9.47 Å². The van der Waals surface area contributed by atoms with Crippen LogP contribution in [0.2, 0.25) is 0 Å². The number of pyridine rings is 1. The SMILES string of the molecule is CCCCc1cc(C)c(CN2CCCC2)c(=O)n1-c1ccccc1-c1ccccc1C#N. The molecule has 0 aliphatic carbocycles. The zero-order valence-electron chi connectivity index (χ0n) is 19.1. The molecular formula is C28H31N3O. The van der Waals surface area contributed by atoms with E-state index >= 15 is 0 Å². The summed E-state index contributed by atoms with van der Waals surface area (Å²) in [6.07, 6.45) is 5.36. The highest BCUT2D eigenvalue weighted by Gasteiger charge is 2.20. The second kappa shape index (κ2) is 9.97. The molecule has 4 rings (SSSR count). The Morgan fingerprint density at radius 1 is 1.00 bits per heavy atom. The van der Waals surface area contributed by atoms with Gasteiger partial charge in [-0.05, 0) is 69.5 Å². The number of hydrogen-bond acceptors (Lipinski definition) is 3. The predicted molar refractivity (Wildman–Crippen MR) is 130 cm³/mol. The van der Waals surface area contributed by atoms with E-state index in [-0.39, 0.29) is 5.56 Å². The maximum absolute atomic E-state index is 14.0. The molecule has 1 fully saturated rings. The van der Waals surface area contributed by atoms with Gasteiger partial charge in [-0.1, -0.05) is 49.7 Å². The Morgan fingerprint density at radius 3 is 2.41 bits per heavy atom. The quantitative estimate of drug-likeness (QED) is 0.493. The molecule has 1 aromatic heterocycles. The van der Waals surface area contributed by atoms with Gasteiger partial charge in [0.15, 0.2) is 0 Å². The number of benzene rings is 2. The number of para-hydroxylation sites is 1. The van der Waals surface area contributed by atoms with E-state index < -0.39 is 0 Å². The number of nitrogens with zero attached hydrogens (tertiary/aromatic N) is 3. The Labute approximate surface area is 190 Å². The van der Waals surface area contributed by atoms with Crippen LogP contribution in [-0.2, 0) is 13.0 Å². The summed E-state index contributed by atoms with van der Waals surface area (Å²) in [4.78, 5) is 16.4. The first-order valence-corrected chi connectivity index (χ1v) is 11.7. The zero-order valence-corrected chi connectivity index (χ0v) is 19.1. The highest BCUT2D eigenvalue weighted by atomic mass is 16.1. The minimum atomic E-state index is 0.0740. The fourth-order valence-corrected chi connectivity index (χ4v) is 4.71. The maximum atomic E-state index is 14.0. The minimum absolute atomic E-state index is 0.0740. The van der Waals surface area contributed by atoms with E-state index in [2.05, 4.69) is 30.9 Å². The van der Waals surface area contributed by atoms with Crippen LogP contribution in [0.25, 0.3) is 16.8 Å². The topological polar surface area (TPSA) is 49.0 Å². The maximum Gasteiger partial charge on any atom is 0.260 e. The van der Waals surface area contributed by atoms with Crippen LogP contribution in [0.5, 0.6) is 0 Å². The Kier molecular flexibility index (Phi) is 6.87. The normalized spacial score (nSPS) is 13.9. The van der Waals surface area contributed by atoms with Crippen molar-refractivity contribution < 1.29 is 0 Å². The summed E-state index contributed by atoms with van der Waals surface area (Å²) < 4.78 is 1.91. The van der Waals surface area contributed by atoms with E-state index in [9.17, 15) is 10.1 Å².